The highest BCUT2D eigenvalue weighted by molar-refractivity contribution is 5.84. The fourth-order valence-corrected chi connectivity index (χ4v) is 3.65. The molecule has 0 amide bonds. The molecular weight excluding hydrogens is 176 g/mol. The van der Waals surface area contributed by atoms with Crippen LogP contribution in [0, 0.1) is 23.7 Å². The molecule has 0 aromatic carbocycles. The van der Waals surface area contributed by atoms with E-state index in [1.54, 1.807) is 0 Å². The van der Waals surface area contributed by atoms with Gasteiger partial charge in [0, 0.05) is 18.4 Å². The van der Waals surface area contributed by atoms with Crippen LogP contribution in [0.15, 0.2) is 0 Å². The third kappa shape index (κ3) is 1.31. The molecular formula is C12H18O2. The van der Waals surface area contributed by atoms with Crippen LogP contribution >= 0.6 is 0 Å². The van der Waals surface area contributed by atoms with E-state index >= 15 is 0 Å². The van der Waals surface area contributed by atoms with Crippen molar-refractivity contribution in [3.05, 3.63) is 0 Å². The van der Waals surface area contributed by atoms with Crippen LogP contribution in [0.5, 0.6) is 0 Å². The van der Waals surface area contributed by atoms with Crippen LogP contribution < -0.4 is 0 Å². The molecule has 2 nitrogen and oxygen atoms in total. The van der Waals surface area contributed by atoms with E-state index in [1.807, 2.05) is 0 Å². The van der Waals surface area contributed by atoms with Gasteiger partial charge in [0.15, 0.2) is 0 Å². The zero-order valence-corrected chi connectivity index (χ0v) is 8.58. The lowest BCUT2D eigenvalue weighted by Gasteiger charge is -2.22. The molecule has 3 aliphatic rings. The second-order valence-corrected chi connectivity index (χ2v) is 5.24. The van der Waals surface area contributed by atoms with E-state index in [1.165, 1.54) is 25.7 Å². The molecule has 1 aliphatic heterocycles. The number of carbonyl (C=O) groups excluding carboxylic acids is 1. The lowest BCUT2D eigenvalue weighted by Crippen LogP contribution is -2.27. The first-order valence-corrected chi connectivity index (χ1v) is 5.96. The minimum Gasteiger partial charge on any atom is -0.381 e. The van der Waals surface area contributed by atoms with Gasteiger partial charge < -0.3 is 4.74 Å². The largest absolute Gasteiger partial charge is 0.381 e. The van der Waals surface area contributed by atoms with Crippen LogP contribution in [0.4, 0.5) is 0 Å². The van der Waals surface area contributed by atoms with Crippen molar-refractivity contribution in [3.63, 3.8) is 0 Å². The summed E-state index contributed by atoms with van der Waals surface area (Å²) in [5.41, 5.74) is 0. The van der Waals surface area contributed by atoms with Crippen LogP contribution in [0.3, 0.4) is 0 Å². The molecule has 4 atom stereocenters. The van der Waals surface area contributed by atoms with Crippen LogP contribution in [0.2, 0.25) is 0 Å². The van der Waals surface area contributed by atoms with Crippen molar-refractivity contribution in [3.8, 4) is 0 Å². The quantitative estimate of drug-likeness (QED) is 0.672. The Balaban J connectivity index is 1.67. The van der Waals surface area contributed by atoms with Crippen LogP contribution in [0.1, 0.15) is 32.1 Å². The summed E-state index contributed by atoms with van der Waals surface area (Å²) in [4.78, 5) is 12.2. The average Bonchev–Trinajstić information content (AvgIpc) is 2.93. The van der Waals surface area contributed by atoms with Gasteiger partial charge in [0.25, 0.3) is 0 Å². The fraction of sp³-hybridized carbons (Fsp3) is 0.917. The fourth-order valence-electron chi connectivity index (χ4n) is 3.65. The molecule has 2 bridgehead atoms. The molecule has 2 heteroatoms. The van der Waals surface area contributed by atoms with Gasteiger partial charge in [0.05, 0.1) is 6.61 Å². The molecule has 0 aromatic heterocycles. The van der Waals surface area contributed by atoms with Crippen molar-refractivity contribution in [2.24, 2.45) is 23.7 Å². The summed E-state index contributed by atoms with van der Waals surface area (Å²) in [5.74, 6) is 2.83. The summed E-state index contributed by atoms with van der Waals surface area (Å²) in [5, 5.41) is 0. The van der Waals surface area contributed by atoms with Crippen LogP contribution in [-0.2, 0) is 9.53 Å². The first kappa shape index (κ1) is 8.90. The van der Waals surface area contributed by atoms with E-state index in [0.717, 1.165) is 24.9 Å². The molecule has 2 aliphatic carbocycles. The van der Waals surface area contributed by atoms with E-state index in [-0.39, 0.29) is 5.92 Å². The van der Waals surface area contributed by atoms with Gasteiger partial charge in [0.1, 0.15) is 5.78 Å². The molecule has 3 rings (SSSR count). The van der Waals surface area contributed by atoms with Gasteiger partial charge in [-0.15, -0.1) is 0 Å². The molecule has 1 heterocycles. The molecule has 0 radical (unpaired) electrons. The van der Waals surface area contributed by atoms with Gasteiger partial charge in [-0.25, -0.2) is 0 Å². The molecule has 2 saturated carbocycles. The van der Waals surface area contributed by atoms with Crippen molar-refractivity contribution in [2.45, 2.75) is 32.1 Å². The number of hydrogen-bond acceptors (Lipinski definition) is 2. The lowest BCUT2D eigenvalue weighted by atomic mass is 9.81. The second-order valence-electron chi connectivity index (χ2n) is 5.24. The second kappa shape index (κ2) is 3.34. The third-order valence-corrected chi connectivity index (χ3v) is 4.44. The Morgan fingerprint density at radius 3 is 2.64 bits per heavy atom. The summed E-state index contributed by atoms with van der Waals surface area (Å²) >= 11 is 0. The highest BCUT2D eigenvalue weighted by Crippen LogP contribution is 2.49. The molecule has 4 unspecified atom stereocenters. The van der Waals surface area contributed by atoms with Gasteiger partial charge in [0.2, 0.25) is 0 Å². The maximum Gasteiger partial charge on any atom is 0.141 e. The Kier molecular flexibility index (Phi) is 2.12. The number of ketones is 1. The smallest absolute Gasteiger partial charge is 0.141 e. The number of Topliss-reactive ketones (excluding diaryl/α,β-unsaturated/α-hetero) is 1. The summed E-state index contributed by atoms with van der Waals surface area (Å²) in [6, 6.07) is 0. The van der Waals surface area contributed by atoms with Crippen molar-refractivity contribution >= 4 is 5.78 Å². The Morgan fingerprint density at radius 2 is 2.07 bits per heavy atom. The SMILES string of the molecule is O=C(C1CCOC1)C1CC2CCC1C2. The molecule has 14 heavy (non-hydrogen) atoms. The Hall–Kier alpha value is -0.370. The summed E-state index contributed by atoms with van der Waals surface area (Å²) in [6.07, 6.45) is 6.21. The highest BCUT2D eigenvalue weighted by atomic mass is 16.5. The van der Waals surface area contributed by atoms with Crippen molar-refractivity contribution in [1.29, 1.82) is 0 Å². The summed E-state index contributed by atoms with van der Waals surface area (Å²) < 4.78 is 5.30. The predicted molar refractivity (Wildman–Crippen MR) is 52.9 cm³/mol. The lowest BCUT2D eigenvalue weighted by molar-refractivity contribution is -0.128. The van der Waals surface area contributed by atoms with E-state index in [0.29, 0.717) is 18.3 Å². The first-order valence-electron chi connectivity index (χ1n) is 5.96. The Morgan fingerprint density at radius 1 is 1.14 bits per heavy atom. The predicted octanol–water partition coefficient (Wildman–Crippen LogP) is 2.03. The Bertz CT molecular complexity index is 243. The van der Waals surface area contributed by atoms with Crippen molar-refractivity contribution in [1.82, 2.24) is 0 Å². The standard InChI is InChI=1S/C12H18O2/c13-12(10-3-4-14-7-10)11-6-8-1-2-9(11)5-8/h8-11H,1-7H2. The first-order chi connectivity index (χ1) is 6.84. The third-order valence-electron chi connectivity index (χ3n) is 4.44. The maximum absolute atomic E-state index is 12.2. The van der Waals surface area contributed by atoms with Gasteiger partial charge in [-0.2, -0.15) is 0 Å². The van der Waals surface area contributed by atoms with Crippen molar-refractivity contribution in [2.75, 3.05) is 13.2 Å². The number of ether oxygens (including phenoxy) is 1. The normalized spacial score (nSPS) is 46.0. The zero-order valence-electron chi connectivity index (χ0n) is 8.58. The minimum absolute atomic E-state index is 0.249. The maximum atomic E-state index is 12.2. The number of carbonyl (C=O) groups is 1. The van der Waals surface area contributed by atoms with Gasteiger partial charge in [-0.3, -0.25) is 4.79 Å². The monoisotopic (exact) mass is 194 g/mol. The summed E-state index contributed by atoms with van der Waals surface area (Å²) in [7, 11) is 0. The van der Waals surface area contributed by atoms with E-state index in [2.05, 4.69) is 0 Å². The van der Waals surface area contributed by atoms with Gasteiger partial charge in [-0.05, 0) is 37.5 Å². The summed E-state index contributed by atoms with van der Waals surface area (Å²) in [6.45, 7) is 1.50. The van der Waals surface area contributed by atoms with Gasteiger partial charge in [-0.1, -0.05) is 6.42 Å². The highest BCUT2D eigenvalue weighted by Gasteiger charge is 2.44. The van der Waals surface area contributed by atoms with Crippen molar-refractivity contribution < 1.29 is 9.53 Å². The molecule has 1 saturated heterocycles. The Labute approximate surface area is 85.0 Å². The minimum atomic E-state index is 0.249. The molecule has 78 valence electrons. The number of fused-ring (bicyclic) bond motifs is 2. The van der Waals surface area contributed by atoms with Gasteiger partial charge >= 0.3 is 0 Å². The van der Waals surface area contributed by atoms with E-state index in [9.17, 15) is 4.79 Å². The number of rotatable bonds is 2. The molecule has 0 aromatic rings. The van der Waals surface area contributed by atoms with E-state index < -0.39 is 0 Å². The van der Waals surface area contributed by atoms with Crippen LogP contribution in [-0.4, -0.2) is 19.0 Å². The topological polar surface area (TPSA) is 26.3 Å². The zero-order chi connectivity index (χ0) is 9.54. The molecule has 0 spiro atoms. The average molecular weight is 194 g/mol. The molecule has 0 N–H and O–H groups in total. The number of hydrogen-bond donors (Lipinski definition) is 0. The molecule has 3 fully saturated rings. The van der Waals surface area contributed by atoms with E-state index in [4.69, 9.17) is 4.74 Å². The van der Waals surface area contributed by atoms with Crippen LogP contribution in [0.25, 0.3) is 0 Å².